The molecule has 8 nitrogen and oxygen atoms in total. The first-order chi connectivity index (χ1) is 12.1. The fraction of sp³-hybridized carbons (Fsp3) is 0.529. The van der Waals surface area contributed by atoms with Gasteiger partial charge in [-0.05, 0) is 24.9 Å². The predicted molar refractivity (Wildman–Crippen MR) is 90.8 cm³/mol. The second-order valence-corrected chi connectivity index (χ2v) is 5.82. The maximum Gasteiger partial charge on any atom is 0.428 e. The van der Waals surface area contributed by atoms with Crippen LogP contribution in [0.25, 0.3) is 0 Å². The summed E-state index contributed by atoms with van der Waals surface area (Å²) in [6.07, 6.45) is -0.380. The number of amides is 2. The molecule has 25 heavy (non-hydrogen) atoms. The molecule has 0 unspecified atom stereocenters. The fourth-order valence-electron chi connectivity index (χ4n) is 2.79. The largest absolute Gasteiger partial charge is 0.452 e. The maximum atomic E-state index is 11.9. The van der Waals surface area contributed by atoms with Crippen molar-refractivity contribution in [2.75, 3.05) is 33.9 Å². The molecule has 1 aromatic carbocycles. The Labute approximate surface area is 147 Å². The molecule has 138 valence electrons. The van der Waals surface area contributed by atoms with Crippen LogP contribution in [0.4, 0.5) is 9.59 Å². The first kappa shape index (κ1) is 19.0. The van der Waals surface area contributed by atoms with Crippen LogP contribution in [-0.2, 0) is 15.9 Å². The average molecular weight is 351 g/mol. The Morgan fingerprint density at radius 3 is 2.32 bits per heavy atom. The summed E-state index contributed by atoms with van der Waals surface area (Å²) in [5, 5.41) is 15.7. The monoisotopic (exact) mass is 351 g/mol. The number of benzene rings is 1. The topological polar surface area (TPSA) is 91.3 Å². The molecule has 0 bridgehead atoms. The number of hydrogen-bond acceptors (Lipinski definition) is 6. The highest BCUT2D eigenvalue weighted by Gasteiger charge is 2.39. The number of β-amino-alcohol motifs (C(OH)–C–C–N with tert-alkyl or cyclic N) is 1. The number of rotatable bonds is 5. The lowest BCUT2D eigenvalue weighted by atomic mass is 10.1. The molecule has 1 heterocycles. The van der Waals surface area contributed by atoms with Gasteiger partial charge in [-0.15, -0.1) is 0 Å². The van der Waals surface area contributed by atoms with Crippen LogP contribution < -0.4 is 5.32 Å². The third-order valence-corrected chi connectivity index (χ3v) is 4.15. The van der Waals surface area contributed by atoms with Crippen LogP contribution in [0.5, 0.6) is 0 Å². The lowest BCUT2D eigenvalue weighted by molar-refractivity contribution is -0.0788. The molecule has 1 aliphatic rings. The minimum Gasteiger partial charge on any atom is -0.452 e. The Morgan fingerprint density at radius 2 is 1.72 bits per heavy atom. The maximum absolute atomic E-state index is 11.9. The number of nitrogens with one attached hydrogen (secondary N) is 1. The number of methoxy groups -OCH3 is 2. The zero-order chi connectivity index (χ0) is 18.2. The molecule has 0 radical (unpaired) electrons. The van der Waals surface area contributed by atoms with E-state index in [4.69, 9.17) is 4.74 Å². The molecule has 1 fully saturated rings. The summed E-state index contributed by atoms with van der Waals surface area (Å²) < 4.78 is 9.36. The number of hydrazine groups is 1. The van der Waals surface area contributed by atoms with Crippen molar-refractivity contribution in [1.29, 1.82) is 0 Å². The average Bonchev–Trinajstić information content (AvgIpc) is 2.65. The molecule has 0 saturated carbocycles. The van der Waals surface area contributed by atoms with E-state index in [1.807, 2.05) is 18.2 Å². The Balaban J connectivity index is 1.88. The van der Waals surface area contributed by atoms with E-state index in [1.54, 1.807) is 0 Å². The lowest BCUT2D eigenvalue weighted by Gasteiger charge is -2.42. The van der Waals surface area contributed by atoms with Crippen molar-refractivity contribution in [2.24, 2.45) is 0 Å². The molecular formula is C17H25N3O5. The third-order valence-electron chi connectivity index (χ3n) is 4.15. The number of nitrogens with zero attached hydrogens (tertiary/aromatic N) is 2. The van der Waals surface area contributed by atoms with Gasteiger partial charge in [0.05, 0.1) is 39.5 Å². The van der Waals surface area contributed by atoms with Crippen molar-refractivity contribution in [2.45, 2.75) is 25.0 Å². The van der Waals surface area contributed by atoms with Gasteiger partial charge >= 0.3 is 12.2 Å². The van der Waals surface area contributed by atoms with Gasteiger partial charge in [-0.3, -0.25) is 0 Å². The summed E-state index contributed by atoms with van der Waals surface area (Å²) in [7, 11) is 2.46. The van der Waals surface area contributed by atoms with Crippen LogP contribution in [0, 0.1) is 0 Å². The summed E-state index contributed by atoms with van der Waals surface area (Å²) in [6.45, 7) is 0.760. The van der Waals surface area contributed by atoms with E-state index in [0.717, 1.165) is 22.9 Å². The Bertz CT molecular complexity index is 569. The van der Waals surface area contributed by atoms with Crippen molar-refractivity contribution in [3.8, 4) is 0 Å². The summed E-state index contributed by atoms with van der Waals surface area (Å²) in [5.74, 6) is 0. The Kier molecular flexibility index (Phi) is 7.03. The SMILES string of the molecule is COC(=O)N1C[C@@H](O)[C@@H](NCCCc2ccccc2)CN1C(=O)OC. The fourth-order valence-corrected chi connectivity index (χ4v) is 2.79. The van der Waals surface area contributed by atoms with Crippen LogP contribution in [0.15, 0.2) is 30.3 Å². The standard InChI is InChI=1S/C17H25N3O5/c1-24-16(22)19-11-14(15(21)12-20(19)17(23)25-2)18-10-6-9-13-7-4-3-5-8-13/h3-5,7-8,14-15,18,21H,6,9-12H2,1-2H3/t14-,15+/m0/s1. The highest BCUT2D eigenvalue weighted by molar-refractivity contribution is 5.74. The van der Waals surface area contributed by atoms with Crippen LogP contribution >= 0.6 is 0 Å². The smallest absolute Gasteiger partial charge is 0.428 e. The van der Waals surface area contributed by atoms with Crippen LogP contribution in [-0.4, -0.2) is 73.3 Å². The van der Waals surface area contributed by atoms with E-state index in [0.29, 0.717) is 6.54 Å². The van der Waals surface area contributed by atoms with E-state index < -0.39 is 18.3 Å². The normalized spacial score (nSPS) is 20.3. The van der Waals surface area contributed by atoms with Gasteiger partial charge in [0.1, 0.15) is 0 Å². The summed E-state index contributed by atoms with van der Waals surface area (Å²) in [4.78, 5) is 23.7. The third kappa shape index (κ3) is 5.07. The molecule has 2 atom stereocenters. The number of carbonyl (C=O) groups excluding carboxylic acids is 2. The van der Waals surface area contributed by atoms with Gasteiger partial charge in [0.2, 0.25) is 0 Å². The van der Waals surface area contributed by atoms with Crippen molar-refractivity contribution < 1.29 is 24.2 Å². The van der Waals surface area contributed by atoms with Gasteiger partial charge in [-0.25, -0.2) is 19.6 Å². The minimum absolute atomic E-state index is 0.0435. The molecule has 0 aromatic heterocycles. The highest BCUT2D eigenvalue weighted by atomic mass is 16.6. The molecule has 1 aliphatic heterocycles. The van der Waals surface area contributed by atoms with Gasteiger partial charge in [0.25, 0.3) is 0 Å². The van der Waals surface area contributed by atoms with Crippen LogP contribution in [0.1, 0.15) is 12.0 Å². The van der Waals surface area contributed by atoms with Crippen LogP contribution in [0.2, 0.25) is 0 Å². The molecule has 1 aromatic rings. The Hall–Kier alpha value is -2.32. The highest BCUT2D eigenvalue weighted by Crippen LogP contribution is 2.15. The first-order valence-electron chi connectivity index (χ1n) is 8.23. The van der Waals surface area contributed by atoms with Gasteiger partial charge in [-0.1, -0.05) is 30.3 Å². The predicted octanol–water partition coefficient (Wildman–Crippen LogP) is 1.00. The van der Waals surface area contributed by atoms with Crippen LogP contribution in [0.3, 0.4) is 0 Å². The molecule has 2 rings (SSSR count). The van der Waals surface area contributed by atoms with Crippen molar-refractivity contribution in [3.05, 3.63) is 35.9 Å². The minimum atomic E-state index is -0.809. The molecule has 0 spiro atoms. The lowest BCUT2D eigenvalue weighted by Crippen LogP contribution is -2.65. The first-order valence-corrected chi connectivity index (χ1v) is 8.23. The van der Waals surface area contributed by atoms with Gasteiger partial charge in [0, 0.05) is 0 Å². The van der Waals surface area contributed by atoms with Gasteiger partial charge in [0.15, 0.2) is 0 Å². The number of ether oxygens (including phenoxy) is 2. The number of hydrogen-bond donors (Lipinski definition) is 2. The molecule has 0 aliphatic carbocycles. The molecule has 8 heteroatoms. The summed E-state index contributed by atoms with van der Waals surface area (Å²) in [5.41, 5.74) is 1.25. The summed E-state index contributed by atoms with van der Waals surface area (Å²) >= 11 is 0. The molecule has 1 saturated heterocycles. The number of aliphatic hydroxyl groups excluding tert-OH is 1. The van der Waals surface area contributed by atoms with Crippen molar-refractivity contribution >= 4 is 12.2 Å². The zero-order valence-electron chi connectivity index (χ0n) is 14.6. The molecule has 2 N–H and O–H groups in total. The van der Waals surface area contributed by atoms with Crippen molar-refractivity contribution in [3.63, 3.8) is 0 Å². The Morgan fingerprint density at radius 1 is 1.12 bits per heavy atom. The second-order valence-electron chi connectivity index (χ2n) is 5.82. The zero-order valence-corrected chi connectivity index (χ0v) is 14.6. The van der Waals surface area contributed by atoms with Gasteiger partial charge < -0.3 is 19.9 Å². The molecular weight excluding hydrogens is 326 g/mol. The van der Waals surface area contributed by atoms with E-state index in [9.17, 15) is 14.7 Å². The van der Waals surface area contributed by atoms with Gasteiger partial charge in [-0.2, -0.15) is 0 Å². The quantitative estimate of drug-likeness (QED) is 0.769. The van der Waals surface area contributed by atoms with E-state index in [1.165, 1.54) is 19.8 Å². The van der Waals surface area contributed by atoms with Crippen molar-refractivity contribution in [1.82, 2.24) is 15.3 Å². The number of aliphatic hydroxyl groups is 1. The number of carbonyl (C=O) groups is 2. The second kappa shape index (κ2) is 9.24. The number of aryl methyl sites for hydroxylation is 1. The van der Waals surface area contributed by atoms with E-state index in [-0.39, 0.29) is 19.1 Å². The summed E-state index contributed by atoms with van der Waals surface area (Å²) in [6, 6.07) is 9.78. The van der Waals surface area contributed by atoms with E-state index >= 15 is 0 Å². The van der Waals surface area contributed by atoms with E-state index in [2.05, 4.69) is 22.2 Å². The molecule has 2 amide bonds.